The fourth-order valence-corrected chi connectivity index (χ4v) is 4.15. The van der Waals surface area contributed by atoms with Crippen LogP contribution >= 0.6 is 0 Å². The standard InChI is InChI=1S/C17H28O3/c1-4-13(18)10-15-11(2)9-12-7-5-6-8-14(12)16(15)17(19)20-3/h9,12-16,18H,4-8,10H2,1-3H3/t12?,13-,14?,15+,16+/m1/s1. The van der Waals surface area contributed by atoms with E-state index in [1.54, 1.807) is 0 Å². The largest absolute Gasteiger partial charge is 0.469 e. The van der Waals surface area contributed by atoms with Gasteiger partial charge in [-0.25, -0.2) is 0 Å². The third kappa shape index (κ3) is 3.08. The highest BCUT2D eigenvalue weighted by Crippen LogP contribution is 2.47. The summed E-state index contributed by atoms with van der Waals surface area (Å²) in [6.07, 6.45) is 8.26. The maximum Gasteiger partial charge on any atom is 0.309 e. The van der Waals surface area contributed by atoms with Gasteiger partial charge in [0.05, 0.1) is 19.1 Å². The Balaban J connectivity index is 2.27. The van der Waals surface area contributed by atoms with Crippen molar-refractivity contribution < 1.29 is 14.6 Å². The van der Waals surface area contributed by atoms with Gasteiger partial charge in [0.2, 0.25) is 0 Å². The zero-order chi connectivity index (χ0) is 14.7. The second-order valence-electron chi connectivity index (χ2n) is 6.48. The third-order valence-corrected chi connectivity index (χ3v) is 5.30. The van der Waals surface area contributed by atoms with Gasteiger partial charge in [-0.1, -0.05) is 31.4 Å². The molecule has 0 heterocycles. The van der Waals surface area contributed by atoms with Crippen LogP contribution in [0.15, 0.2) is 11.6 Å². The molecule has 2 aliphatic rings. The lowest BCUT2D eigenvalue weighted by Gasteiger charge is -2.43. The van der Waals surface area contributed by atoms with E-state index >= 15 is 0 Å². The topological polar surface area (TPSA) is 46.5 Å². The van der Waals surface area contributed by atoms with Crippen LogP contribution in [-0.2, 0) is 9.53 Å². The molecule has 0 radical (unpaired) electrons. The van der Waals surface area contributed by atoms with Gasteiger partial charge in [-0.05, 0) is 50.4 Å². The van der Waals surface area contributed by atoms with Crippen molar-refractivity contribution in [2.24, 2.45) is 23.7 Å². The molecule has 0 aromatic carbocycles. The zero-order valence-corrected chi connectivity index (χ0v) is 13.0. The van der Waals surface area contributed by atoms with E-state index in [0.29, 0.717) is 18.3 Å². The minimum atomic E-state index is -0.323. The molecule has 1 fully saturated rings. The van der Waals surface area contributed by atoms with Crippen LogP contribution in [0.1, 0.15) is 52.4 Å². The molecular formula is C17H28O3. The number of aliphatic hydroxyl groups is 1. The minimum absolute atomic E-state index is 0.0588. The second kappa shape index (κ2) is 6.75. The predicted octanol–water partition coefficient (Wildman–Crippen LogP) is 3.32. The summed E-state index contributed by atoms with van der Waals surface area (Å²) in [7, 11) is 1.49. The Kier molecular flexibility index (Phi) is 5.25. The lowest BCUT2D eigenvalue weighted by Crippen LogP contribution is -2.41. The maximum absolute atomic E-state index is 12.3. The number of carbonyl (C=O) groups excluding carboxylic acids is 1. The van der Waals surface area contributed by atoms with Crippen molar-refractivity contribution in [1.82, 2.24) is 0 Å². The number of aliphatic hydroxyl groups excluding tert-OH is 1. The van der Waals surface area contributed by atoms with Crippen LogP contribution in [0.2, 0.25) is 0 Å². The Bertz CT molecular complexity index is 374. The van der Waals surface area contributed by atoms with Gasteiger partial charge in [0.15, 0.2) is 0 Å². The molecule has 5 atom stereocenters. The third-order valence-electron chi connectivity index (χ3n) is 5.30. The predicted molar refractivity (Wildman–Crippen MR) is 79.1 cm³/mol. The summed E-state index contributed by atoms with van der Waals surface area (Å²) in [6, 6.07) is 0. The van der Waals surface area contributed by atoms with Crippen LogP contribution in [0.5, 0.6) is 0 Å². The summed E-state index contributed by atoms with van der Waals surface area (Å²) >= 11 is 0. The number of esters is 1. The summed E-state index contributed by atoms with van der Waals surface area (Å²) in [5.41, 5.74) is 1.27. The van der Waals surface area contributed by atoms with Crippen LogP contribution in [0.4, 0.5) is 0 Å². The molecule has 3 heteroatoms. The molecule has 3 nitrogen and oxygen atoms in total. The fraction of sp³-hybridized carbons (Fsp3) is 0.824. The SMILES string of the molecule is CC[C@@H](O)C[C@H]1C(C)=CC2CCCCC2[C@@H]1C(=O)OC. The number of methoxy groups -OCH3 is 1. The number of fused-ring (bicyclic) bond motifs is 1. The monoisotopic (exact) mass is 280 g/mol. The van der Waals surface area contributed by atoms with Crippen molar-refractivity contribution in [2.45, 2.75) is 58.5 Å². The Morgan fingerprint density at radius 1 is 1.45 bits per heavy atom. The highest BCUT2D eigenvalue weighted by molar-refractivity contribution is 5.74. The van der Waals surface area contributed by atoms with Crippen molar-refractivity contribution in [3.8, 4) is 0 Å². The molecule has 20 heavy (non-hydrogen) atoms. The van der Waals surface area contributed by atoms with E-state index in [0.717, 1.165) is 12.8 Å². The number of hydrogen-bond donors (Lipinski definition) is 1. The second-order valence-corrected chi connectivity index (χ2v) is 6.48. The fourth-order valence-electron chi connectivity index (χ4n) is 4.15. The van der Waals surface area contributed by atoms with Gasteiger partial charge in [-0.2, -0.15) is 0 Å². The van der Waals surface area contributed by atoms with Crippen molar-refractivity contribution >= 4 is 5.97 Å². The van der Waals surface area contributed by atoms with Crippen LogP contribution in [0.3, 0.4) is 0 Å². The van der Waals surface area contributed by atoms with Crippen molar-refractivity contribution in [2.75, 3.05) is 7.11 Å². The first kappa shape index (κ1) is 15.6. The van der Waals surface area contributed by atoms with Crippen molar-refractivity contribution in [3.05, 3.63) is 11.6 Å². The van der Waals surface area contributed by atoms with E-state index in [2.05, 4.69) is 13.0 Å². The first-order chi connectivity index (χ1) is 9.58. The first-order valence-electron chi connectivity index (χ1n) is 8.02. The molecule has 0 bridgehead atoms. The summed E-state index contributed by atoms with van der Waals surface area (Å²) < 4.78 is 5.08. The summed E-state index contributed by atoms with van der Waals surface area (Å²) in [4.78, 5) is 12.3. The van der Waals surface area contributed by atoms with Gasteiger partial charge in [-0.15, -0.1) is 0 Å². The van der Waals surface area contributed by atoms with E-state index in [-0.39, 0.29) is 23.9 Å². The van der Waals surface area contributed by atoms with Gasteiger partial charge in [0.1, 0.15) is 0 Å². The Morgan fingerprint density at radius 2 is 2.15 bits per heavy atom. The average molecular weight is 280 g/mol. The molecule has 0 aromatic heterocycles. The quantitative estimate of drug-likeness (QED) is 0.635. The van der Waals surface area contributed by atoms with E-state index < -0.39 is 0 Å². The smallest absolute Gasteiger partial charge is 0.309 e. The normalized spacial score (nSPS) is 34.9. The van der Waals surface area contributed by atoms with E-state index in [4.69, 9.17) is 4.74 Å². The van der Waals surface area contributed by atoms with Gasteiger partial charge < -0.3 is 9.84 Å². The highest BCUT2D eigenvalue weighted by atomic mass is 16.5. The van der Waals surface area contributed by atoms with Gasteiger partial charge >= 0.3 is 5.97 Å². The number of allylic oxidation sites excluding steroid dienone is 2. The lowest BCUT2D eigenvalue weighted by atomic mass is 9.61. The molecule has 2 rings (SSSR count). The molecule has 1 N–H and O–H groups in total. The average Bonchev–Trinajstić information content (AvgIpc) is 2.47. The first-order valence-corrected chi connectivity index (χ1v) is 8.02. The summed E-state index contributed by atoms with van der Waals surface area (Å²) in [5.74, 6) is 0.952. The number of hydrogen-bond acceptors (Lipinski definition) is 3. The molecular weight excluding hydrogens is 252 g/mol. The van der Waals surface area contributed by atoms with Crippen LogP contribution in [0, 0.1) is 23.7 Å². The van der Waals surface area contributed by atoms with Crippen LogP contribution in [0.25, 0.3) is 0 Å². The minimum Gasteiger partial charge on any atom is -0.469 e. The molecule has 0 spiro atoms. The van der Waals surface area contributed by atoms with Crippen molar-refractivity contribution in [1.29, 1.82) is 0 Å². The zero-order valence-electron chi connectivity index (χ0n) is 13.0. The molecule has 0 saturated heterocycles. The van der Waals surface area contributed by atoms with Gasteiger partial charge in [0, 0.05) is 0 Å². The van der Waals surface area contributed by atoms with E-state index in [1.165, 1.54) is 31.9 Å². The van der Waals surface area contributed by atoms with E-state index in [9.17, 15) is 9.90 Å². The van der Waals surface area contributed by atoms with Gasteiger partial charge in [0.25, 0.3) is 0 Å². The number of rotatable bonds is 4. The Morgan fingerprint density at radius 3 is 2.80 bits per heavy atom. The summed E-state index contributed by atoms with van der Waals surface area (Å²) in [5, 5.41) is 10.0. The Labute approximate surface area is 122 Å². The number of carbonyl (C=O) groups is 1. The molecule has 0 aromatic rings. The summed E-state index contributed by atoms with van der Waals surface area (Å²) in [6.45, 7) is 4.11. The molecule has 0 aliphatic heterocycles. The molecule has 2 aliphatic carbocycles. The van der Waals surface area contributed by atoms with Gasteiger partial charge in [-0.3, -0.25) is 4.79 Å². The molecule has 1 saturated carbocycles. The number of ether oxygens (including phenoxy) is 1. The maximum atomic E-state index is 12.3. The van der Waals surface area contributed by atoms with Crippen LogP contribution < -0.4 is 0 Å². The van der Waals surface area contributed by atoms with Crippen LogP contribution in [-0.4, -0.2) is 24.3 Å². The van der Waals surface area contributed by atoms with Crippen molar-refractivity contribution in [3.63, 3.8) is 0 Å². The molecule has 0 amide bonds. The molecule has 2 unspecified atom stereocenters. The molecule has 114 valence electrons. The lowest BCUT2D eigenvalue weighted by molar-refractivity contribution is -0.151. The highest BCUT2D eigenvalue weighted by Gasteiger charge is 2.44. The van der Waals surface area contributed by atoms with E-state index in [1.807, 2.05) is 6.92 Å². The Hall–Kier alpha value is -0.830.